The smallest absolute Gasteiger partial charge is 0.163 e. The molecule has 5 nitrogen and oxygen atoms in total. The maximum Gasteiger partial charge on any atom is 0.163 e. The Balaban J connectivity index is 1.77. The number of aromatic nitrogens is 4. The predicted octanol–water partition coefficient (Wildman–Crippen LogP) is 2.55. The van der Waals surface area contributed by atoms with Crippen LogP contribution in [0.1, 0.15) is 12.5 Å². The molecule has 0 saturated carbocycles. The zero-order chi connectivity index (χ0) is 14.8. The molecule has 1 N–H and O–H groups in total. The van der Waals surface area contributed by atoms with Gasteiger partial charge in [-0.1, -0.05) is 12.1 Å². The van der Waals surface area contributed by atoms with Gasteiger partial charge >= 0.3 is 0 Å². The van der Waals surface area contributed by atoms with Gasteiger partial charge in [0, 0.05) is 13.1 Å². The van der Waals surface area contributed by atoms with E-state index in [9.17, 15) is 4.39 Å². The van der Waals surface area contributed by atoms with Gasteiger partial charge in [-0.15, -0.1) is 0 Å². The lowest BCUT2D eigenvalue weighted by Gasteiger charge is -2.15. The first-order valence-electron chi connectivity index (χ1n) is 6.77. The zero-order valence-corrected chi connectivity index (χ0v) is 11.9. The first-order valence-corrected chi connectivity index (χ1v) is 6.77. The number of nitrogens with zero attached hydrogens (tertiary/aromatic N) is 4. The number of nitrogens with one attached hydrogen (secondary N) is 1. The third kappa shape index (κ3) is 2.84. The SMILES string of the molecule is CC(Cc1ccc(F)cc1)Nc1ncnc2c1cnn2C. The van der Waals surface area contributed by atoms with Gasteiger partial charge in [0.05, 0.1) is 11.6 Å². The maximum absolute atomic E-state index is 12.9. The van der Waals surface area contributed by atoms with Crippen molar-refractivity contribution in [2.24, 2.45) is 7.05 Å². The number of hydrogen-bond donors (Lipinski definition) is 1. The Morgan fingerprint density at radius 2 is 2.00 bits per heavy atom. The molecule has 0 amide bonds. The molecule has 2 heterocycles. The van der Waals surface area contributed by atoms with Crippen LogP contribution >= 0.6 is 0 Å². The average Bonchev–Trinajstić information content (AvgIpc) is 2.84. The lowest BCUT2D eigenvalue weighted by molar-refractivity contribution is 0.626. The van der Waals surface area contributed by atoms with Crippen molar-refractivity contribution in [2.75, 3.05) is 5.32 Å². The first-order chi connectivity index (χ1) is 10.1. The first kappa shape index (κ1) is 13.5. The van der Waals surface area contributed by atoms with Crippen LogP contribution in [0.2, 0.25) is 0 Å². The fraction of sp³-hybridized carbons (Fsp3) is 0.267. The Kier molecular flexibility index (Phi) is 3.51. The van der Waals surface area contributed by atoms with Crippen molar-refractivity contribution in [1.82, 2.24) is 19.7 Å². The standard InChI is InChI=1S/C15H16FN5/c1-10(7-11-3-5-12(16)6-4-11)20-14-13-8-19-21(2)15(13)18-9-17-14/h3-6,8-10H,7H2,1-2H3,(H,17,18,20). The van der Waals surface area contributed by atoms with Crippen molar-refractivity contribution >= 4 is 16.9 Å². The van der Waals surface area contributed by atoms with Crippen LogP contribution in [0.25, 0.3) is 11.0 Å². The number of anilines is 1. The molecule has 0 spiro atoms. The quantitative estimate of drug-likeness (QED) is 0.800. The van der Waals surface area contributed by atoms with Gasteiger partial charge in [0.15, 0.2) is 5.65 Å². The third-order valence-corrected chi connectivity index (χ3v) is 3.37. The molecule has 0 radical (unpaired) electrons. The van der Waals surface area contributed by atoms with Crippen molar-refractivity contribution < 1.29 is 4.39 Å². The van der Waals surface area contributed by atoms with E-state index in [0.717, 1.165) is 28.8 Å². The Bertz CT molecular complexity index is 750. The molecule has 108 valence electrons. The second-order valence-electron chi connectivity index (χ2n) is 5.10. The van der Waals surface area contributed by atoms with Gasteiger partial charge in [0.25, 0.3) is 0 Å². The molecule has 6 heteroatoms. The van der Waals surface area contributed by atoms with Crippen molar-refractivity contribution in [3.63, 3.8) is 0 Å². The minimum atomic E-state index is -0.216. The second kappa shape index (κ2) is 5.47. The Morgan fingerprint density at radius 1 is 1.24 bits per heavy atom. The lowest BCUT2D eigenvalue weighted by Crippen LogP contribution is -2.19. The number of aryl methyl sites for hydroxylation is 1. The van der Waals surface area contributed by atoms with E-state index in [2.05, 4.69) is 27.3 Å². The number of benzene rings is 1. The highest BCUT2D eigenvalue weighted by molar-refractivity contribution is 5.86. The maximum atomic E-state index is 12.9. The molecule has 0 fully saturated rings. The highest BCUT2D eigenvalue weighted by Crippen LogP contribution is 2.19. The molecule has 21 heavy (non-hydrogen) atoms. The van der Waals surface area contributed by atoms with E-state index in [-0.39, 0.29) is 11.9 Å². The van der Waals surface area contributed by atoms with Crippen molar-refractivity contribution in [1.29, 1.82) is 0 Å². The minimum Gasteiger partial charge on any atom is -0.367 e. The fourth-order valence-electron chi connectivity index (χ4n) is 2.34. The van der Waals surface area contributed by atoms with E-state index in [1.165, 1.54) is 18.5 Å². The highest BCUT2D eigenvalue weighted by atomic mass is 19.1. The van der Waals surface area contributed by atoms with E-state index >= 15 is 0 Å². The molecule has 0 bridgehead atoms. The molecule has 3 aromatic rings. The van der Waals surface area contributed by atoms with Crippen LogP contribution < -0.4 is 5.32 Å². The molecule has 1 atom stereocenters. The lowest BCUT2D eigenvalue weighted by atomic mass is 10.1. The van der Waals surface area contributed by atoms with Crippen LogP contribution in [0.3, 0.4) is 0 Å². The van der Waals surface area contributed by atoms with Crippen LogP contribution in [0.4, 0.5) is 10.2 Å². The van der Waals surface area contributed by atoms with E-state index in [1.807, 2.05) is 7.05 Å². The summed E-state index contributed by atoms with van der Waals surface area (Å²) in [5.74, 6) is 0.551. The molecule has 0 saturated heterocycles. The van der Waals surface area contributed by atoms with Gasteiger partial charge in [-0.05, 0) is 31.0 Å². The topological polar surface area (TPSA) is 55.6 Å². The van der Waals surface area contributed by atoms with Crippen LogP contribution in [0.5, 0.6) is 0 Å². The number of halogens is 1. The second-order valence-corrected chi connectivity index (χ2v) is 5.10. The summed E-state index contributed by atoms with van der Waals surface area (Å²) in [4.78, 5) is 8.49. The van der Waals surface area contributed by atoms with E-state index < -0.39 is 0 Å². The average molecular weight is 285 g/mol. The molecule has 0 aliphatic rings. The summed E-state index contributed by atoms with van der Waals surface area (Å²) >= 11 is 0. The van der Waals surface area contributed by atoms with E-state index in [0.29, 0.717) is 0 Å². The van der Waals surface area contributed by atoms with Crippen LogP contribution in [0, 0.1) is 5.82 Å². The van der Waals surface area contributed by atoms with Gasteiger partial charge < -0.3 is 5.32 Å². The molecule has 0 aliphatic carbocycles. The molecular formula is C15H16FN5. The fourth-order valence-corrected chi connectivity index (χ4v) is 2.34. The van der Waals surface area contributed by atoms with Crippen molar-refractivity contribution in [2.45, 2.75) is 19.4 Å². The van der Waals surface area contributed by atoms with Gasteiger partial charge in [0.2, 0.25) is 0 Å². The molecule has 0 aliphatic heterocycles. The minimum absolute atomic E-state index is 0.161. The predicted molar refractivity (Wildman–Crippen MR) is 79.5 cm³/mol. The summed E-state index contributed by atoms with van der Waals surface area (Å²) in [6.07, 6.45) is 4.06. The third-order valence-electron chi connectivity index (χ3n) is 3.37. The normalized spacial score (nSPS) is 12.5. The van der Waals surface area contributed by atoms with Gasteiger partial charge in [0.1, 0.15) is 18.0 Å². The summed E-state index contributed by atoms with van der Waals surface area (Å²) < 4.78 is 14.6. The number of fused-ring (bicyclic) bond motifs is 1. The van der Waals surface area contributed by atoms with E-state index in [1.54, 1.807) is 23.0 Å². The van der Waals surface area contributed by atoms with Crippen molar-refractivity contribution in [3.8, 4) is 0 Å². The zero-order valence-electron chi connectivity index (χ0n) is 11.9. The molecule has 1 unspecified atom stereocenters. The van der Waals surface area contributed by atoms with Crippen LogP contribution in [-0.2, 0) is 13.5 Å². The Hall–Kier alpha value is -2.50. The molecule has 1 aromatic carbocycles. The Labute approximate surface area is 121 Å². The summed E-state index contributed by atoms with van der Waals surface area (Å²) in [5, 5.41) is 8.45. The van der Waals surface area contributed by atoms with Gasteiger partial charge in [-0.2, -0.15) is 5.10 Å². The summed E-state index contributed by atoms with van der Waals surface area (Å²) in [7, 11) is 1.85. The monoisotopic (exact) mass is 285 g/mol. The molecular weight excluding hydrogens is 269 g/mol. The molecule has 3 rings (SSSR count). The largest absolute Gasteiger partial charge is 0.367 e. The van der Waals surface area contributed by atoms with Crippen LogP contribution in [-0.4, -0.2) is 25.8 Å². The van der Waals surface area contributed by atoms with E-state index in [4.69, 9.17) is 0 Å². The Morgan fingerprint density at radius 3 is 2.76 bits per heavy atom. The highest BCUT2D eigenvalue weighted by Gasteiger charge is 2.10. The van der Waals surface area contributed by atoms with Crippen molar-refractivity contribution in [3.05, 3.63) is 48.2 Å². The molecule has 2 aromatic heterocycles. The number of rotatable bonds is 4. The summed E-state index contributed by atoms with van der Waals surface area (Å²) in [6, 6.07) is 6.71. The van der Waals surface area contributed by atoms with Gasteiger partial charge in [-0.25, -0.2) is 14.4 Å². The van der Waals surface area contributed by atoms with Gasteiger partial charge in [-0.3, -0.25) is 4.68 Å². The number of hydrogen-bond acceptors (Lipinski definition) is 4. The summed E-state index contributed by atoms with van der Waals surface area (Å²) in [6.45, 7) is 2.06. The summed E-state index contributed by atoms with van der Waals surface area (Å²) in [5.41, 5.74) is 1.87. The van der Waals surface area contributed by atoms with Crippen LogP contribution in [0.15, 0.2) is 36.8 Å².